The highest BCUT2D eigenvalue weighted by Gasteiger charge is 2.38. The van der Waals surface area contributed by atoms with Crippen LogP contribution in [0, 0.1) is 5.92 Å². The average molecular weight is 246 g/mol. The van der Waals surface area contributed by atoms with Gasteiger partial charge in [0, 0.05) is 6.42 Å². The van der Waals surface area contributed by atoms with Crippen molar-refractivity contribution in [2.75, 3.05) is 19.8 Å². The SMILES string of the molecule is CCOOCC[C@H]1O[C@@H](C)CC1C(=O)OCC. The Morgan fingerprint density at radius 3 is 2.71 bits per heavy atom. The molecule has 0 aromatic heterocycles. The van der Waals surface area contributed by atoms with Gasteiger partial charge in [0.15, 0.2) is 0 Å². The first-order chi connectivity index (χ1) is 8.19. The molecule has 0 saturated carbocycles. The minimum atomic E-state index is -0.171. The summed E-state index contributed by atoms with van der Waals surface area (Å²) in [6, 6.07) is 0. The van der Waals surface area contributed by atoms with Crippen molar-refractivity contribution in [2.45, 2.75) is 45.8 Å². The van der Waals surface area contributed by atoms with Gasteiger partial charge in [-0.1, -0.05) is 0 Å². The Hall–Kier alpha value is -0.650. The predicted molar refractivity (Wildman–Crippen MR) is 61.3 cm³/mol. The summed E-state index contributed by atoms with van der Waals surface area (Å²) in [5.74, 6) is -0.339. The van der Waals surface area contributed by atoms with Gasteiger partial charge < -0.3 is 9.47 Å². The summed E-state index contributed by atoms with van der Waals surface area (Å²) in [6.45, 7) is 6.99. The number of carbonyl (C=O) groups is 1. The third-order valence-corrected chi connectivity index (χ3v) is 2.72. The lowest BCUT2D eigenvalue weighted by Gasteiger charge is -2.16. The van der Waals surface area contributed by atoms with Gasteiger partial charge in [-0.05, 0) is 27.2 Å². The summed E-state index contributed by atoms with van der Waals surface area (Å²) in [5, 5.41) is 0. The van der Waals surface area contributed by atoms with E-state index in [4.69, 9.17) is 19.2 Å². The molecule has 1 aliphatic heterocycles. The van der Waals surface area contributed by atoms with Gasteiger partial charge in [-0.2, -0.15) is 0 Å². The van der Waals surface area contributed by atoms with Crippen LogP contribution in [-0.4, -0.2) is 38.0 Å². The van der Waals surface area contributed by atoms with E-state index in [-0.39, 0.29) is 24.1 Å². The predicted octanol–water partition coefficient (Wildman–Crippen LogP) is 1.70. The van der Waals surface area contributed by atoms with Gasteiger partial charge in [0.1, 0.15) is 0 Å². The van der Waals surface area contributed by atoms with Crippen LogP contribution in [0.15, 0.2) is 0 Å². The summed E-state index contributed by atoms with van der Waals surface area (Å²) in [4.78, 5) is 21.4. The molecule has 17 heavy (non-hydrogen) atoms. The lowest BCUT2D eigenvalue weighted by Crippen LogP contribution is -2.27. The summed E-state index contributed by atoms with van der Waals surface area (Å²) in [6.07, 6.45) is 1.34. The monoisotopic (exact) mass is 246 g/mol. The van der Waals surface area contributed by atoms with Crippen molar-refractivity contribution in [1.29, 1.82) is 0 Å². The maximum Gasteiger partial charge on any atom is 0.311 e. The van der Waals surface area contributed by atoms with Crippen molar-refractivity contribution in [3.05, 3.63) is 0 Å². The van der Waals surface area contributed by atoms with Crippen molar-refractivity contribution >= 4 is 5.97 Å². The second kappa shape index (κ2) is 7.63. The van der Waals surface area contributed by atoms with Crippen LogP contribution in [0.5, 0.6) is 0 Å². The third kappa shape index (κ3) is 4.61. The van der Waals surface area contributed by atoms with E-state index >= 15 is 0 Å². The summed E-state index contributed by atoms with van der Waals surface area (Å²) in [7, 11) is 0. The second-order valence-corrected chi connectivity index (χ2v) is 4.10. The van der Waals surface area contributed by atoms with Crippen LogP contribution in [0.4, 0.5) is 0 Å². The van der Waals surface area contributed by atoms with Crippen molar-refractivity contribution < 1.29 is 24.0 Å². The van der Waals surface area contributed by atoms with Crippen LogP contribution in [0.3, 0.4) is 0 Å². The van der Waals surface area contributed by atoms with E-state index < -0.39 is 0 Å². The number of hydrogen-bond acceptors (Lipinski definition) is 5. The van der Waals surface area contributed by atoms with Gasteiger partial charge in [0.2, 0.25) is 0 Å². The highest BCUT2D eigenvalue weighted by molar-refractivity contribution is 5.73. The van der Waals surface area contributed by atoms with E-state index in [0.29, 0.717) is 26.2 Å². The Morgan fingerprint density at radius 2 is 2.06 bits per heavy atom. The fourth-order valence-electron chi connectivity index (χ4n) is 2.03. The van der Waals surface area contributed by atoms with Crippen LogP contribution < -0.4 is 0 Å². The number of ether oxygens (including phenoxy) is 2. The smallest absolute Gasteiger partial charge is 0.311 e. The summed E-state index contributed by atoms with van der Waals surface area (Å²) < 4.78 is 10.7. The lowest BCUT2D eigenvalue weighted by molar-refractivity contribution is -0.294. The molecule has 0 aromatic carbocycles. The molecule has 0 bridgehead atoms. The van der Waals surface area contributed by atoms with Crippen molar-refractivity contribution in [3.8, 4) is 0 Å². The molecule has 0 aromatic rings. The lowest BCUT2D eigenvalue weighted by atomic mass is 9.98. The van der Waals surface area contributed by atoms with Crippen molar-refractivity contribution in [3.63, 3.8) is 0 Å². The third-order valence-electron chi connectivity index (χ3n) is 2.72. The van der Waals surface area contributed by atoms with Gasteiger partial charge in [0.05, 0.1) is 37.9 Å². The zero-order valence-corrected chi connectivity index (χ0v) is 10.8. The molecule has 5 nitrogen and oxygen atoms in total. The molecule has 1 heterocycles. The van der Waals surface area contributed by atoms with Crippen LogP contribution in [0.2, 0.25) is 0 Å². The molecule has 0 spiro atoms. The van der Waals surface area contributed by atoms with Crippen LogP contribution >= 0.6 is 0 Å². The Balaban J connectivity index is 2.36. The highest BCUT2D eigenvalue weighted by atomic mass is 17.2. The molecule has 1 unspecified atom stereocenters. The van der Waals surface area contributed by atoms with Gasteiger partial charge in [-0.3, -0.25) is 4.79 Å². The molecule has 1 fully saturated rings. The minimum absolute atomic E-state index is 0.0986. The number of hydrogen-bond donors (Lipinski definition) is 0. The Labute approximate surface area is 102 Å². The molecule has 5 heteroatoms. The van der Waals surface area contributed by atoms with E-state index in [1.165, 1.54) is 0 Å². The Bertz CT molecular complexity index is 231. The van der Waals surface area contributed by atoms with Crippen LogP contribution in [0.1, 0.15) is 33.6 Å². The first-order valence-electron chi connectivity index (χ1n) is 6.25. The molecular weight excluding hydrogens is 224 g/mol. The summed E-state index contributed by atoms with van der Waals surface area (Å²) >= 11 is 0. The van der Waals surface area contributed by atoms with Gasteiger partial charge in [-0.25, -0.2) is 9.78 Å². The van der Waals surface area contributed by atoms with Gasteiger partial charge in [0.25, 0.3) is 0 Å². The minimum Gasteiger partial charge on any atom is -0.466 e. The highest BCUT2D eigenvalue weighted by Crippen LogP contribution is 2.29. The van der Waals surface area contributed by atoms with Crippen molar-refractivity contribution in [2.24, 2.45) is 5.92 Å². The largest absolute Gasteiger partial charge is 0.466 e. The van der Waals surface area contributed by atoms with E-state index in [1.807, 2.05) is 20.8 Å². The molecule has 0 amide bonds. The fourth-order valence-corrected chi connectivity index (χ4v) is 2.03. The zero-order chi connectivity index (χ0) is 12.7. The van der Waals surface area contributed by atoms with Crippen LogP contribution in [-0.2, 0) is 24.0 Å². The molecule has 0 radical (unpaired) electrons. The molecule has 1 aliphatic rings. The van der Waals surface area contributed by atoms with E-state index in [2.05, 4.69) is 0 Å². The van der Waals surface area contributed by atoms with Gasteiger partial charge >= 0.3 is 5.97 Å². The first kappa shape index (κ1) is 14.4. The fraction of sp³-hybridized carbons (Fsp3) is 0.917. The summed E-state index contributed by atoms with van der Waals surface area (Å²) in [5.41, 5.74) is 0. The maximum absolute atomic E-state index is 11.7. The van der Waals surface area contributed by atoms with Gasteiger partial charge in [-0.15, -0.1) is 0 Å². The normalized spacial score (nSPS) is 28.3. The first-order valence-corrected chi connectivity index (χ1v) is 6.25. The molecule has 1 rings (SSSR count). The molecule has 0 N–H and O–H groups in total. The zero-order valence-electron chi connectivity index (χ0n) is 10.8. The topological polar surface area (TPSA) is 54.0 Å². The quantitative estimate of drug-likeness (QED) is 0.296. The number of esters is 1. The maximum atomic E-state index is 11.7. The second-order valence-electron chi connectivity index (χ2n) is 4.10. The standard InChI is InChI=1S/C12H22O5/c1-4-14-12(13)10-8-9(3)17-11(10)6-7-16-15-5-2/h9-11H,4-8H2,1-3H3/t9-,10?,11+/m0/s1. The molecular formula is C12H22O5. The van der Waals surface area contributed by atoms with E-state index in [1.54, 1.807) is 0 Å². The molecule has 100 valence electrons. The Kier molecular flexibility index (Phi) is 6.47. The molecule has 0 aliphatic carbocycles. The number of rotatable bonds is 7. The molecule has 1 saturated heterocycles. The van der Waals surface area contributed by atoms with Crippen LogP contribution in [0.25, 0.3) is 0 Å². The van der Waals surface area contributed by atoms with Crippen molar-refractivity contribution in [1.82, 2.24) is 0 Å². The molecule has 3 atom stereocenters. The number of carbonyl (C=O) groups excluding carboxylic acids is 1. The van der Waals surface area contributed by atoms with E-state index in [9.17, 15) is 4.79 Å². The average Bonchev–Trinajstić information content (AvgIpc) is 2.66. The Morgan fingerprint density at radius 1 is 1.29 bits per heavy atom. The van der Waals surface area contributed by atoms with E-state index in [0.717, 1.165) is 6.42 Å².